The van der Waals surface area contributed by atoms with Crippen LogP contribution in [0.15, 0.2) is 0 Å². The minimum Gasteiger partial charge on any atom is -0.369 e. The highest BCUT2D eigenvalue weighted by atomic mass is 79.9. The molecular weight excluding hydrogens is 218 g/mol. The Morgan fingerprint density at radius 2 is 2.20 bits per heavy atom. The zero-order chi connectivity index (χ0) is 8.15. The first-order chi connectivity index (χ1) is 4.54. The fourth-order valence-corrected chi connectivity index (χ4v) is 1.21. The van der Waals surface area contributed by atoms with Crippen LogP contribution in [0.3, 0.4) is 0 Å². The number of rotatable bonds is 3. The summed E-state index contributed by atoms with van der Waals surface area (Å²) in [4.78, 5) is 20.3. The smallest absolute Gasteiger partial charge is 0.232 e. The van der Waals surface area contributed by atoms with Gasteiger partial charge in [0.05, 0.1) is 0 Å². The molecule has 0 fully saturated rings. The quantitative estimate of drug-likeness (QED) is 0.713. The van der Waals surface area contributed by atoms with E-state index < -0.39 is 10.7 Å². The molecule has 2 N–H and O–H groups in total. The fourth-order valence-electron chi connectivity index (χ4n) is 0.273. The summed E-state index contributed by atoms with van der Waals surface area (Å²) in [5.41, 5.74) is 4.91. The van der Waals surface area contributed by atoms with Crippen molar-refractivity contribution in [2.75, 3.05) is 5.75 Å². The van der Waals surface area contributed by atoms with Crippen molar-refractivity contribution < 1.29 is 9.59 Å². The molecule has 1 amide bonds. The van der Waals surface area contributed by atoms with E-state index in [1.165, 1.54) is 6.92 Å². The van der Waals surface area contributed by atoms with Crippen LogP contribution in [0, 0.1) is 0 Å². The average molecular weight is 226 g/mol. The van der Waals surface area contributed by atoms with Gasteiger partial charge in [0, 0.05) is 12.7 Å². The van der Waals surface area contributed by atoms with E-state index in [4.69, 9.17) is 5.73 Å². The first-order valence-electron chi connectivity index (χ1n) is 2.60. The van der Waals surface area contributed by atoms with Crippen molar-refractivity contribution >= 4 is 38.7 Å². The molecule has 3 nitrogen and oxygen atoms in total. The van der Waals surface area contributed by atoms with Crippen molar-refractivity contribution in [3.8, 4) is 0 Å². The highest BCUT2D eigenvalue weighted by Gasteiger charge is 2.10. The van der Waals surface area contributed by atoms with E-state index in [2.05, 4.69) is 15.9 Å². The first kappa shape index (κ1) is 9.97. The van der Waals surface area contributed by atoms with Crippen LogP contribution in [0.1, 0.15) is 6.92 Å². The molecular formula is C5H8BrNO2S. The van der Waals surface area contributed by atoms with Gasteiger partial charge in [-0.15, -0.1) is 0 Å². The molecule has 0 aliphatic heterocycles. The summed E-state index contributed by atoms with van der Waals surface area (Å²) >= 11 is 4.10. The number of amides is 1. The zero-order valence-corrected chi connectivity index (χ0v) is 7.87. The summed E-state index contributed by atoms with van der Waals surface area (Å²) in [6, 6.07) is 0. The molecule has 10 heavy (non-hydrogen) atoms. The minimum atomic E-state index is -0.436. The highest BCUT2D eigenvalue weighted by molar-refractivity contribution is 9.10. The molecule has 0 aromatic carbocycles. The van der Waals surface area contributed by atoms with Crippen molar-refractivity contribution in [1.29, 1.82) is 0 Å². The van der Waals surface area contributed by atoms with Crippen LogP contribution in [0.5, 0.6) is 0 Å². The molecule has 0 unspecified atom stereocenters. The third kappa shape index (κ3) is 4.81. The summed E-state index contributed by atoms with van der Waals surface area (Å²) in [5.74, 6) is -0.0289. The second-order valence-electron chi connectivity index (χ2n) is 1.67. The predicted molar refractivity (Wildman–Crippen MR) is 45.0 cm³/mol. The van der Waals surface area contributed by atoms with E-state index >= 15 is 0 Å². The highest BCUT2D eigenvalue weighted by Crippen LogP contribution is 2.09. The Balaban J connectivity index is 3.49. The number of hydrogen-bond donors (Lipinski definition) is 1. The van der Waals surface area contributed by atoms with Gasteiger partial charge in [-0.1, -0.05) is 27.7 Å². The lowest BCUT2D eigenvalue weighted by atomic mass is 10.5. The number of carbonyl (C=O) groups excluding carboxylic acids is 2. The summed E-state index contributed by atoms with van der Waals surface area (Å²) in [6.07, 6.45) is 0. The third-order valence-electron chi connectivity index (χ3n) is 0.742. The zero-order valence-electron chi connectivity index (χ0n) is 5.46. The Labute approximate surface area is 71.9 Å². The molecule has 0 radical (unpaired) electrons. The van der Waals surface area contributed by atoms with E-state index in [9.17, 15) is 9.59 Å². The monoisotopic (exact) mass is 225 g/mol. The van der Waals surface area contributed by atoms with Crippen LogP contribution in [0.4, 0.5) is 0 Å². The molecule has 0 aromatic rings. The summed E-state index contributed by atoms with van der Waals surface area (Å²) in [5, 5.41) is -0.00861. The van der Waals surface area contributed by atoms with E-state index in [-0.39, 0.29) is 5.12 Å². The van der Waals surface area contributed by atoms with Crippen molar-refractivity contribution in [1.82, 2.24) is 0 Å². The van der Waals surface area contributed by atoms with Crippen LogP contribution in [0.2, 0.25) is 0 Å². The number of carbonyl (C=O) groups is 2. The van der Waals surface area contributed by atoms with E-state index in [1.807, 2.05) is 0 Å². The third-order valence-corrected chi connectivity index (χ3v) is 2.85. The number of nitrogens with two attached hydrogens (primary N) is 1. The largest absolute Gasteiger partial charge is 0.369 e. The van der Waals surface area contributed by atoms with Crippen molar-refractivity contribution in [2.24, 2.45) is 5.73 Å². The maximum absolute atomic E-state index is 10.4. The Bertz CT molecular complexity index is 151. The minimum absolute atomic E-state index is 0.00861. The molecule has 0 aliphatic rings. The predicted octanol–water partition coefficient (Wildman–Crippen LogP) is 0.515. The Kier molecular flexibility index (Phi) is 4.72. The number of hydrogen-bond acceptors (Lipinski definition) is 3. The maximum Gasteiger partial charge on any atom is 0.232 e. The first-order valence-corrected chi connectivity index (χ1v) is 4.51. The van der Waals surface area contributed by atoms with E-state index in [0.717, 1.165) is 11.8 Å². The average Bonchev–Trinajstić information content (AvgIpc) is 1.82. The molecule has 1 atom stereocenters. The maximum atomic E-state index is 10.4. The molecule has 0 spiro atoms. The molecule has 58 valence electrons. The fraction of sp³-hybridized carbons (Fsp3) is 0.600. The number of halogens is 1. The van der Waals surface area contributed by atoms with E-state index in [0.29, 0.717) is 5.75 Å². The number of primary amides is 1. The topological polar surface area (TPSA) is 60.2 Å². The van der Waals surface area contributed by atoms with Gasteiger partial charge in [-0.2, -0.15) is 0 Å². The molecule has 0 aromatic heterocycles. The van der Waals surface area contributed by atoms with Crippen molar-refractivity contribution in [2.45, 2.75) is 11.8 Å². The lowest BCUT2D eigenvalue weighted by Crippen LogP contribution is -2.25. The Hall–Kier alpha value is -0.0300. The molecule has 0 aliphatic carbocycles. The van der Waals surface area contributed by atoms with E-state index in [1.54, 1.807) is 0 Å². The van der Waals surface area contributed by atoms with Crippen LogP contribution >= 0.6 is 27.7 Å². The lowest BCUT2D eigenvalue weighted by Gasteiger charge is -2.00. The summed E-state index contributed by atoms with van der Waals surface area (Å²) in [6.45, 7) is 1.45. The van der Waals surface area contributed by atoms with Gasteiger partial charge >= 0.3 is 0 Å². The standard InChI is InChI=1S/C5H8BrNO2S/c1-3(8)10-2-4(6)5(7)9/h4H,2H2,1H3,(H2,7,9)/t4-/m1/s1. The Morgan fingerprint density at radius 3 is 2.50 bits per heavy atom. The van der Waals surface area contributed by atoms with Gasteiger partial charge in [-0.25, -0.2) is 0 Å². The Morgan fingerprint density at radius 1 is 1.70 bits per heavy atom. The van der Waals surface area contributed by atoms with Crippen molar-refractivity contribution in [3.63, 3.8) is 0 Å². The molecule has 0 heterocycles. The van der Waals surface area contributed by atoms with Gasteiger partial charge in [0.25, 0.3) is 0 Å². The molecule has 0 rings (SSSR count). The number of thioether (sulfide) groups is 1. The SMILES string of the molecule is CC(=O)SC[C@@H](Br)C(N)=O. The molecule has 0 saturated heterocycles. The van der Waals surface area contributed by atoms with Gasteiger partial charge in [0.2, 0.25) is 5.91 Å². The van der Waals surface area contributed by atoms with Crippen LogP contribution < -0.4 is 5.73 Å². The summed E-state index contributed by atoms with van der Waals surface area (Å²) in [7, 11) is 0. The normalized spacial score (nSPS) is 12.6. The van der Waals surface area contributed by atoms with Crippen LogP contribution in [0.25, 0.3) is 0 Å². The second kappa shape index (κ2) is 4.73. The molecule has 0 bridgehead atoms. The van der Waals surface area contributed by atoms with Crippen LogP contribution in [-0.4, -0.2) is 21.6 Å². The number of alkyl halides is 1. The van der Waals surface area contributed by atoms with Gasteiger partial charge in [0.1, 0.15) is 4.83 Å². The van der Waals surface area contributed by atoms with Crippen LogP contribution in [-0.2, 0) is 9.59 Å². The van der Waals surface area contributed by atoms with Gasteiger partial charge in [-0.05, 0) is 0 Å². The van der Waals surface area contributed by atoms with Crippen molar-refractivity contribution in [3.05, 3.63) is 0 Å². The lowest BCUT2D eigenvalue weighted by molar-refractivity contribution is -0.117. The van der Waals surface area contributed by atoms with Gasteiger partial charge in [0.15, 0.2) is 5.12 Å². The second-order valence-corrected chi connectivity index (χ2v) is 3.97. The summed E-state index contributed by atoms with van der Waals surface area (Å²) < 4.78 is 0. The molecule has 0 saturated carbocycles. The molecule has 5 heteroatoms. The van der Waals surface area contributed by atoms with Gasteiger partial charge < -0.3 is 5.73 Å². The van der Waals surface area contributed by atoms with Gasteiger partial charge in [-0.3, -0.25) is 9.59 Å².